The average Bonchev–Trinajstić information content (AvgIpc) is 2.14. The molecule has 1 rings (SSSR count). The van der Waals surface area contributed by atoms with Gasteiger partial charge in [-0.2, -0.15) is 5.06 Å². The summed E-state index contributed by atoms with van der Waals surface area (Å²) >= 11 is 0. The number of nitrogens with one attached hydrogen (secondary N) is 1. The number of carbonyl (C=O) groups is 1. The molecule has 1 N–H and O–H groups in total. The van der Waals surface area contributed by atoms with E-state index in [9.17, 15) is 4.79 Å². The molecule has 0 aromatic rings. The SMILES string of the molecule is CC(C)(C)ON1C(C)(C)CNC(=O)CC1(C)C. The first-order valence-electron chi connectivity index (χ1n) is 6.20. The number of hydrogen-bond donors (Lipinski definition) is 1. The fourth-order valence-corrected chi connectivity index (χ4v) is 2.25. The lowest BCUT2D eigenvalue weighted by Crippen LogP contribution is -2.58. The van der Waals surface area contributed by atoms with E-state index in [4.69, 9.17) is 4.84 Å². The number of hydrogen-bond acceptors (Lipinski definition) is 3. The summed E-state index contributed by atoms with van der Waals surface area (Å²) in [7, 11) is 0. The lowest BCUT2D eigenvalue weighted by Gasteiger charge is -2.47. The second kappa shape index (κ2) is 4.25. The molecule has 1 aliphatic rings. The van der Waals surface area contributed by atoms with Crippen molar-refractivity contribution in [3.8, 4) is 0 Å². The van der Waals surface area contributed by atoms with Gasteiger partial charge in [0.2, 0.25) is 5.91 Å². The molecule has 1 heterocycles. The monoisotopic (exact) mass is 242 g/mol. The molecule has 0 unspecified atom stereocenters. The summed E-state index contributed by atoms with van der Waals surface area (Å²) in [6.07, 6.45) is 0.451. The molecule has 1 amide bonds. The summed E-state index contributed by atoms with van der Waals surface area (Å²) in [5, 5.41) is 4.93. The summed E-state index contributed by atoms with van der Waals surface area (Å²) in [5.74, 6) is 0.0862. The molecule has 0 aromatic carbocycles. The Kier molecular flexibility index (Phi) is 3.61. The molecule has 1 aliphatic heterocycles. The maximum absolute atomic E-state index is 11.7. The van der Waals surface area contributed by atoms with Crippen LogP contribution in [0.2, 0.25) is 0 Å². The Balaban J connectivity index is 3.04. The zero-order valence-electron chi connectivity index (χ0n) is 12.2. The first-order chi connectivity index (χ1) is 7.44. The van der Waals surface area contributed by atoms with Crippen molar-refractivity contribution in [2.24, 2.45) is 0 Å². The molecule has 1 saturated heterocycles. The van der Waals surface area contributed by atoms with Crippen molar-refractivity contribution in [2.45, 2.75) is 71.6 Å². The van der Waals surface area contributed by atoms with Gasteiger partial charge in [0.1, 0.15) is 0 Å². The highest BCUT2D eigenvalue weighted by molar-refractivity contribution is 5.77. The van der Waals surface area contributed by atoms with Crippen molar-refractivity contribution in [3.05, 3.63) is 0 Å². The van der Waals surface area contributed by atoms with Crippen LogP contribution in [-0.2, 0) is 9.63 Å². The van der Waals surface area contributed by atoms with Crippen LogP contribution >= 0.6 is 0 Å². The maximum atomic E-state index is 11.7. The molecule has 4 heteroatoms. The molecule has 0 aliphatic carbocycles. The van der Waals surface area contributed by atoms with Crippen LogP contribution in [0.25, 0.3) is 0 Å². The number of hydroxylamine groups is 2. The molecule has 0 spiro atoms. The standard InChI is InChI=1S/C13H26N2O2/c1-11(2,3)17-15-12(4,5)8-10(16)14-9-13(15,6)7/h8-9H2,1-7H3,(H,14,16). The van der Waals surface area contributed by atoms with Crippen molar-refractivity contribution in [1.29, 1.82) is 0 Å². The van der Waals surface area contributed by atoms with Crippen LogP contribution < -0.4 is 5.32 Å². The van der Waals surface area contributed by atoms with Crippen LogP contribution in [0.1, 0.15) is 54.9 Å². The predicted molar refractivity (Wildman–Crippen MR) is 68.5 cm³/mol. The van der Waals surface area contributed by atoms with Gasteiger partial charge < -0.3 is 5.32 Å². The van der Waals surface area contributed by atoms with E-state index in [1.165, 1.54) is 0 Å². The minimum atomic E-state index is -0.308. The van der Waals surface area contributed by atoms with Gasteiger partial charge in [-0.15, -0.1) is 0 Å². The van der Waals surface area contributed by atoms with Crippen LogP contribution in [0, 0.1) is 0 Å². The van der Waals surface area contributed by atoms with E-state index in [1.54, 1.807) is 0 Å². The minimum absolute atomic E-state index is 0.0862. The van der Waals surface area contributed by atoms with Gasteiger partial charge in [-0.05, 0) is 48.5 Å². The first kappa shape index (κ1) is 14.5. The number of amides is 1. The van der Waals surface area contributed by atoms with Gasteiger partial charge in [-0.1, -0.05) is 0 Å². The fraction of sp³-hybridized carbons (Fsp3) is 0.923. The molecule has 1 fully saturated rings. The summed E-state index contributed by atoms with van der Waals surface area (Å²) in [4.78, 5) is 17.8. The minimum Gasteiger partial charge on any atom is -0.354 e. The van der Waals surface area contributed by atoms with Crippen LogP contribution in [0.5, 0.6) is 0 Å². The smallest absolute Gasteiger partial charge is 0.221 e. The van der Waals surface area contributed by atoms with Gasteiger partial charge in [0.25, 0.3) is 0 Å². The maximum Gasteiger partial charge on any atom is 0.221 e. The molecule has 0 aromatic heterocycles. The highest BCUT2D eigenvalue weighted by Gasteiger charge is 2.44. The molecule has 17 heavy (non-hydrogen) atoms. The van der Waals surface area contributed by atoms with E-state index in [-0.39, 0.29) is 22.6 Å². The number of nitrogens with zero attached hydrogens (tertiary/aromatic N) is 1. The fourth-order valence-electron chi connectivity index (χ4n) is 2.25. The van der Waals surface area contributed by atoms with E-state index >= 15 is 0 Å². The second-order valence-electron chi connectivity index (χ2n) is 7.08. The summed E-state index contributed by atoms with van der Waals surface area (Å²) in [6, 6.07) is 0. The van der Waals surface area contributed by atoms with Crippen molar-refractivity contribution in [3.63, 3.8) is 0 Å². The average molecular weight is 242 g/mol. The highest BCUT2D eigenvalue weighted by Crippen LogP contribution is 2.33. The summed E-state index contributed by atoms with van der Waals surface area (Å²) < 4.78 is 0. The largest absolute Gasteiger partial charge is 0.354 e. The zero-order valence-corrected chi connectivity index (χ0v) is 12.2. The quantitative estimate of drug-likeness (QED) is 0.765. The predicted octanol–water partition coefficient (Wildman–Crippen LogP) is 2.10. The molecule has 0 saturated carbocycles. The van der Waals surface area contributed by atoms with Gasteiger partial charge in [0, 0.05) is 13.0 Å². The Bertz CT molecular complexity index is 303. The number of carbonyl (C=O) groups excluding carboxylic acids is 1. The number of rotatable bonds is 1. The van der Waals surface area contributed by atoms with Crippen molar-refractivity contribution in [1.82, 2.24) is 10.4 Å². The molecule has 100 valence electrons. The lowest BCUT2D eigenvalue weighted by molar-refractivity contribution is -0.308. The molecule has 0 bridgehead atoms. The van der Waals surface area contributed by atoms with Crippen molar-refractivity contribution in [2.75, 3.05) is 6.54 Å². The Morgan fingerprint density at radius 2 is 1.71 bits per heavy atom. The third-order valence-corrected chi connectivity index (χ3v) is 2.78. The van der Waals surface area contributed by atoms with E-state index in [0.717, 1.165) is 0 Å². The van der Waals surface area contributed by atoms with E-state index < -0.39 is 0 Å². The van der Waals surface area contributed by atoms with E-state index in [0.29, 0.717) is 13.0 Å². The van der Waals surface area contributed by atoms with Gasteiger partial charge in [0.05, 0.1) is 16.7 Å². The van der Waals surface area contributed by atoms with Crippen LogP contribution in [-0.4, -0.2) is 34.2 Å². The Hall–Kier alpha value is -0.610. The van der Waals surface area contributed by atoms with E-state index in [2.05, 4.69) is 19.2 Å². The van der Waals surface area contributed by atoms with Crippen molar-refractivity contribution >= 4 is 5.91 Å². The summed E-state index contributed by atoms with van der Waals surface area (Å²) in [5.41, 5.74) is -0.789. The Morgan fingerprint density at radius 1 is 1.18 bits per heavy atom. The Labute approximate surface area is 105 Å². The van der Waals surface area contributed by atoms with Gasteiger partial charge in [-0.25, -0.2) is 0 Å². The molecule has 4 nitrogen and oxygen atoms in total. The molecular formula is C13H26N2O2. The molecule has 0 atom stereocenters. The molecular weight excluding hydrogens is 216 g/mol. The van der Waals surface area contributed by atoms with Gasteiger partial charge >= 0.3 is 0 Å². The molecule has 0 radical (unpaired) electrons. The summed E-state index contributed by atoms with van der Waals surface area (Å²) in [6.45, 7) is 15.0. The van der Waals surface area contributed by atoms with Gasteiger partial charge in [-0.3, -0.25) is 9.63 Å². The second-order valence-corrected chi connectivity index (χ2v) is 7.08. The lowest BCUT2D eigenvalue weighted by atomic mass is 9.95. The normalized spacial score (nSPS) is 25.2. The third kappa shape index (κ3) is 3.68. The zero-order chi connectivity index (χ0) is 13.5. The van der Waals surface area contributed by atoms with E-state index in [1.807, 2.05) is 39.7 Å². The topological polar surface area (TPSA) is 41.6 Å². The van der Waals surface area contributed by atoms with Crippen LogP contribution in [0.15, 0.2) is 0 Å². The van der Waals surface area contributed by atoms with Crippen LogP contribution in [0.4, 0.5) is 0 Å². The highest BCUT2D eigenvalue weighted by atomic mass is 16.7. The third-order valence-electron chi connectivity index (χ3n) is 2.78. The Morgan fingerprint density at radius 3 is 2.18 bits per heavy atom. The van der Waals surface area contributed by atoms with Gasteiger partial charge in [0.15, 0.2) is 0 Å². The van der Waals surface area contributed by atoms with Crippen molar-refractivity contribution < 1.29 is 9.63 Å². The first-order valence-corrected chi connectivity index (χ1v) is 6.20. The van der Waals surface area contributed by atoms with Crippen LogP contribution in [0.3, 0.4) is 0 Å².